The van der Waals surface area contributed by atoms with Gasteiger partial charge >= 0.3 is 6.03 Å². The molecule has 0 radical (unpaired) electrons. The largest absolute Gasteiger partial charge is 0.490 e. The van der Waals surface area contributed by atoms with Crippen molar-refractivity contribution in [2.24, 2.45) is 0 Å². The topological polar surface area (TPSA) is 97.0 Å². The summed E-state index contributed by atoms with van der Waals surface area (Å²) in [5.41, 5.74) is 1.27. The molecule has 1 aliphatic heterocycles. The number of amides is 4. The van der Waals surface area contributed by atoms with Crippen LogP contribution in [0.15, 0.2) is 60.8 Å². The van der Waals surface area contributed by atoms with E-state index >= 15 is 0 Å². The summed E-state index contributed by atoms with van der Waals surface area (Å²) in [6, 6.07) is 11.6. The minimum Gasteiger partial charge on any atom is -0.490 e. The maximum absolute atomic E-state index is 12.4. The minimum atomic E-state index is -0.526. The number of urea groups is 1. The van der Waals surface area contributed by atoms with E-state index in [2.05, 4.69) is 17.2 Å². The fourth-order valence-corrected chi connectivity index (χ4v) is 3.24. The molecule has 2 aromatic carbocycles. The van der Waals surface area contributed by atoms with Crippen LogP contribution in [-0.2, 0) is 9.59 Å². The molecule has 0 atom stereocenters. The van der Waals surface area contributed by atoms with Crippen molar-refractivity contribution >= 4 is 41.2 Å². The van der Waals surface area contributed by atoms with Crippen LogP contribution < -0.4 is 20.1 Å². The number of benzene rings is 2. The third kappa shape index (κ3) is 5.47. The number of ether oxygens (including phenoxy) is 2. The Balaban J connectivity index is 1.77. The van der Waals surface area contributed by atoms with E-state index in [1.807, 2.05) is 18.2 Å². The Morgan fingerprint density at radius 1 is 1.22 bits per heavy atom. The molecule has 1 heterocycles. The van der Waals surface area contributed by atoms with Crippen molar-refractivity contribution in [1.82, 2.24) is 10.2 Å². The molecule has 166 valence electrons. The second-order valence-electron chi connectivity index (χ2n) is 6.66. The number of halogens is 1. The minimum absolute atomic E-state index is 0.102. The Bertz CT molecular complexity index is 1070. The lowest BCUT2D eigenvalue weighted by molar-refractivity contribution is -0.122. The van der Waals surface area contributed by atoms with Gasteiger partial charge in [0, 0.05) is 12.2 Å². The van der Waals surface area contributed by atoms with Crippen LogP contribution in [0.3, 0.4) is 0 Å². The van der Waals surface area contributed by atoms with Gasteiger partial charge in [-0.3, -0.25) is 14.5 Å². The van der Waals surface area contributed by atoms with Crippen LogP contribution in [0.5, 0.6) is 11.5 Å². The molecule has 1 fully saturated rings. The summed E-state index contributed by atoms with van der Waals surface area (Å²) >= 11 is 6.38. The van der Waals surface area contributed by atoms with Crippen LogP contribution in [0, 0.1) is 0 Å². The van der Waals surface area contributed by atoms with E-state index in [1.165, 1.54) is 12.2 Å². The highest BCUT2D eigenvalue weighted by molar-refractivity contribution is 6.32. The predicted octanol–water partition coefficient (Wildman–Crippen LogP) is 3.83. The van der Waals surface area contributed by atoms with Crippen LogP contribution in [0.25, 0.3) is 6.08 Å². The van der Waals surface area contributed by atoms with Gasteiger partial charge in [-0.1, -0.05) is 35.9 Å². The second-order valence-corrected chi connectivity index (χ2v) is 7.07. The zero-order valence-corrected chi connectivity index (χ0v) is 18.1. The van der Waals surface area contributed by atoms with E-state index < -0.39 is 11.9 Å². The van der Waals surface area contributed by atoms with E-state index in [1.54, 1.807) is 31.2 Å². The molecular formula is C23H22ClN3O5. The van der Waals surface area contributed by atoms with E-state index in [0.717, 1.165) is 4.90 Å². The first-order chi connectivity index (χ1) is 15.4. The summed E-state index contributed by atoms with van der Waals surface area (Å²) in [7, 11) is 0. The Labute approximate surface area is 190 Å². The number of hydrogen-bond acceptors (Lipinski definition) is 5. The van der Waals surface area contributed by atoms with E-state index in [0.29, 0.717) is 23.6 Å². The van der Waals surface area contributed by atoms with Gasteiger partial charge in [0.1, 0.15) is 5.70 Å². The number of para-hydroxylation sites is 1. The highest BCUT2D eigenvalue weighted by Crippen LogP contribution is 2.37. The van der Waals surface area contributed by atoms with Gasteiger partial charge in [0.2, 0.25) is 0 Å². The predicted molar refractivity (Wildman–Crippen MR) is 122 cm³/mol. The molecule has 1 saturated heterocycles. The summed E-state index contributed by atoms with van der Waals surface area (Å²) < 4.78 is 11.2. The molecule has 8 nitrogen and oxygen atoms in total. The van der Waals surface area contributed by atoms with Gasteiger partial charge in [-0.2, -0.15) is 0 Å². The zero-order chi connectivity index (χ0) is 23.1. The normalized spacial score (nSPS) is 14.3. The first-order valence-electron chi connectivity index (χ1n) is 9.82. The molecule has 9 heteroatoms. The van der Waals surface area contributed by atoms with Crippen molar-refractivity contribution in [3.63, 3.8) is 0 Å². The molecule has 0 bridgehead atoms. The Morgan fingerprint density at radius 2 is 1.97 bits per heavy atom. The van der Waals surface area contributed by atoms with Gasteiger partial charge < -0.3 is 20.1 Å². The van der Waals surface area contributed by atoms with Crippen LogP contribution in [-0.4, -0.2) is 42.5 Å². The number of nitrogens with one attached hydrogen (secondary N) is 2. The van der Waals surface area contributed by atoms with Crippen molar-refractivity contribution in [3.05, 3.63) is 71.4 Å². The third-order valence-corrected chi connectivity index (χ3v) is 4.60. The second kappa shape index (κ2) is 10.5. The van der Waals surface area contributed by atoms with Crippen molar-refractivity contribution in [2.45, 2.75) is 6.92 Å². The van der Waals surface area contributed by atoms with E-state index in [-0.39, 0.29) is 35.5 Å². The van der Waals surface area contributed by atoms with Gasteiger partial charge in [0.05, 0.1) is 11.6 Å². The summed E-state index contributed by atoms with van der Waals surface area (Å²) in [5, 5.41) is 5.43. The number of anilines is 1. The van der Waals surface area contributed by atoms with Crippen molar-refractivity contribution in [3.8, 4) is 11.5 Å². The number of nitrogens with zero attached hydrogens (tertiary/aromatic N) is 1. The molecule has 2 N–H and O–H groups in total. The van der Waals surface area contributed by atoms with Crippen molar-refractivity contribution < 1.29 is 23.9 Å². The third-order valence-electron chi connectivity index (χ3n) is 4.32. The standard InChI is InChI=1S/C23H22ClN3O5/c1-3-10-27-22(29)18(26-23(27)30)12-15-11-17(24)21(19(13-15)31-4-2)32-14-20(28)25-16-8-6-5-7-9-16/h3,5-9,11-13H,1,4,10,14H2,2H3,(H,25,28)(H,26,30)/b18-12+. The number of rotatable bonds is 9. The lowest BCUT2D eigenvalue weighted by Gasteiger charge is -2.14. The summed E-state index contributed by atoms with van der Waals surface area (Å²) in [6.45, 7) is 5.48. The smallest absolute Gasteiger partial charge is 0.329 e. The van der Waals surface area contributed by atoms with Crippen molar-refractivity contribution in [1.29, 1.82) is 0 Å². The quantitative estimate of drug-likeness (QED) is 0.340. The van der Waals surface area contributed by atoms with Crippen molar-refractivity contribution in [2.75, 3.05) is 25.1 Å². The van der Waals surface area contributed by atoms with Gasteiger partial charge in [0.25, 0.3) is 11.8 Å². The molecule has 0 saturated carbocycles. The van der Waals surface area contributed by atoms with Gasteiger partial charge in [-0.05, 0) is 42.8 Å². The van der Waals surface area contributed by atoms with Gasteiger partial charge in [-0.15, -0.1) is 6.58 Å². The molecule has 0 aliphatic carbocycles. The van der Waals surface area contributed by atoms with Crippen LogP contribution in [0.4, 0.5) is 10.5 Å². The molecule has 3 rings (SSSR count). The monoisotopic (exact) mass is 455 g/mol. The van der Waals surface area contributed by atoms with Crippen LogP contribution in [0.2, 0.25) is 5.02 Å². The SMILES string of the molecule is C=CCN1C(=O)N/C(=C/c2cc(Cl)c(OCC(=O)Nc3ccccc3)c(OCC)c2)C1=O. The van der Waals surface area contributed by atoms with E-state index in [9.17, 15) is 14.4 Å². The Morgan fingerprint density at radius 3 is 2.66 bits per heavy atom. The average Bonchev–Trinajstić information content (AvgIpc) is 3.02. The molecule has 1 aliphatic rings. The Hall–Kier alpha value is -3.78. The van der Waals surface area contributed by atoms with Crippen LogP contribution >= 0.6 is 11.6 Å². The zero-order valence-electron chi connectivity index (χ0n) is 17.4. The van der Waals surface area contributed by atoms with E-state index in [4.69, 9.17) is 21.1 Å². The number of carbonyl (C=O) groups excluding carboxylic acids is 3. The maximum Gasteiger partial charge on any atom is 0.329 e. The lowest BCUT2D eigenvalue weighted by Crippen LogP contribution is -2.30. The van der Waals surface area contributed by atoms with Gasteiger partial charge in [0.15, 0.2) is 18.1 Å². The highest BCUT2D eigenvalue weighted by Gasteiger charge is 2.32. The fraction of sp³-hybridized carbons (Fsp3) is 0.174. The molecule has 4 amide bonds. The summed E-state index contributed by atoms with van der Waals surface area (Å²) in [5.74, 6) is -0.322. The highest BCUT2D eigenvalue weighted by atomic mass is 35.5. The fourth-order valence-electron chi connectivity index (χ4n) is 2.96. The Kier molecular flexibility index (Phi) is 7.51. The van der Waals surface area contributed by atoms with Gasteiger partial charge in [-0.25, -0.2) is 4.79 Å². The number of hydrogen-bond donors (Lipinski definition) is 2. The molecule has 0 spiro atoms. The summed E-state index contributed by atoms with van der Waals surface area (Å²) in [6.07, 6.45) is 2.95. The molecule has 32 heavy (non-hydrogen) atoms. The maximum atomic E-state index is 12.4. The number of imide groups is 1. The lowest BCUT2D eigenvalue weighted by atomic mass is 10.1. The summed E-state index contributed by atoms with van der Waals surface area (Å²) in [4.78, 5) is 37.6. The molecular weight excluding hydrogens is 434 g/mol. The van der Waals surface area contributed by atoms with Crippen LogP contribution in [0.1, 0.15) is 12.5 Å². The number of carbonyl (C=O) groups is 3. The molecule has 0 aromatic heterocycles. The molecule has 0 unspecified atom stereocenters. The first-order valence-corrected chi connectivity index (χ1v) is 10.2. The average molecular weight is 456 g/mol. The first kappa shape index (κ1) is 22.9. The molecule has 2 aromatic rings.